The summed E-state index contributed by atoms with van der Waals surface area (Å²) in [4.78, 5) is 23.7. The monoisotopic (exact) mass is 404 g/mol. The summed E-state index contributed by atoms with van der Waals surface area (Å²) in [6.07, 6.45) is 13.5. The third kappa shape index (κ3) is 13.1. The molecule has 0 aliphatic heterocycles. The summed E-state index contributed by atoms with van der Waals surface area (Å²) < 4.78 is 10.8. The Labute approximate surface area is 177 Å². The maximum absolute atomic E-state index is 12.0. The molecule has 0 atom stereocenters. The largest absolute Gasteiger partial charge is 0.466 e. The molecule has 0 N–H and O–H groups in total. The number of benzene rings is 1. The fourth-order valence-corrected chi connectivity index (χ4v) is 3.29. The standard InChI is InChI=1S/C25H40O4/c1-3-5-6-15-21-28-24(26)19-11-9-7-8-10-12-20-25(27)29-23-18-14-13-17-22(23)16-4-2/h13-14,17-18H,3-12,15-16,19-21H2,1-2H3. The van der Waals surface area contributed by atoms with Gasteiger partial charge in [-0.25, -0.2) is 0 Å². The van der Waals surface area contributed by atoms with Crippen molar-refractivity contribution in [2.75, 3.05) is 6.61 Å². The Hall–Kier alpha value is -1.84. The highest BCUT2D eigenvalue weighted by molar-refractivity contribution is 5.72. The molecule has 0 radical (unpaired) electrons. The normalized spacial score (nSPS) is 10.7. The fourth-order valence-electron chi connectivity index (χ4n) is 3.29. The molecule has 164 valence electrons. The number of para-hydroxylation sites is 1. The molecule has 1 aromatic rings. The van der Waals surface area contributed by atoms with Crippen molar-refractivity contribution in [3.63, 3.8) is 0 Å². The number of rotatable bonds is 17. The van der Waals surface area contributed by atoms with E-state index in [9.17, 15) is 9.59 Å². The van der Waals surface area contributed by atoms with Crippen molar-refractivity contribution in [2.24, 2.45) is 0 Å². The molecule has 0 aliphatic carbocycles. The highest BCUT2D eigenvalue weighted by Crippen LogP contribution is 2.20. The smallest absolute Gasteiger partial charge is 0.311 e. The zero-order valence-electron chi connectivity index (χ0n) is 18.5. The summed E-state index contributed by atoms with van der Waals surface area (Å²) in [6.45, 7) is 4.86. The van der Waals surface area contributed by atoms with Crippen LogP contribution in [0.2, 0.25) is 0 Å². The summed E-state index contributed by atoms with van der Waals surface area (Å²) in [5.74, 6) is 0.499. The zero-order valence-corrected chi connectivity index (χ0v) is 18.5. The number of aryl methyl sites for hydroxylation is 1. The minimum Gasteiger partial charge on any atom is -0.466 e. The third-order valence-electron chi connectivity index (χ3n) is 4.99. The van der Waals surface area contributed by atoms with Crippen molar-refractivity contribution in [1.29, 1.82) is 0 Å². The van der Waals surface area contributed by atoms with E-state index in [4.69, 9.17) is 9.47 Å². The molecule has 0 heterocycles. The number of ether oxygens (including phenoxy) is 2. The van der Waals surface area contributed by atoms with Crippen LogP contribution >= 0.6 is 0 Å². The van der Waals surface area contributed by atoms with Gasteiger partial charge in [0.25, 0.3) is 0 Å². The summed E-state index contributed by atoms with van der Waals surface area (Å²) in [7, 11) is 0. The van der Waals surface area contributed by atoms with E-state index in [1.165, 1.54) is 12.8 Å². The van der Waals surface area contributed by atoms with Crippen LogP contribution in [0.5, 0.6) is 5.75 Å². The van der Waals surface area contributed by atoms with Gasteiger partial charge in [-0.1, -0.05) is 83.4 Å². The van der Waals surface area contributed by atoms with Gasteiger partial charge in [0.2, 0.25) is 0 Å². The van der Waals surface area contributed by atoms with E-state index in [0.717, 1.165) is 69.8 Å². The predicted molar refractivity (Wildman–Crippen MR) is 118 cm³/mol. The molecule has 4 nitrogen and oxygen atoms in total. The van der Waals surface area contributed by atoms with Crippen LogP contribution in [0.1, 0.15) is 103 Å². The van der Waals surface area contributed by atoms with E-state index in [2.05, 4.69) is 13.8 Å². The number of carbonyl (C=O) groups is 2. The van der Waals surface area contributed by atoms with E-state index in [1.54, 1.807) is 0 Å². The van der Waals surface area contributed by atoms with Gasteiger partial charge in [0.05, 0.1) is 6.61 Å². The average Bonchev–Trinajstić information content (AvgIpc) is 2.71. The van der Waals surface area contributed by atoms with Crippen LogP contribution in [0.25, 0.3) is 0 Å². The number of carbonyl (C=O) groups excluding carboxylic acids is 2. The number of esters is 2. The Bertz CT molecular complexity index is 568. The Balaban J connectivity index is 1.99. The Morgan fingerprint density at radius 1 is 0.724 bits per heavy atom. The number of unbranched alkanes of at least 4 members (excludes halogenated alkanes) is 8. The molecule has 0 saturated carbocycles. The second-order valence-electron chi connectivity index (χ2n) is 7.73. The summed E-state index contributed by atoms with van der Waals surface area (Å²) in [5, 5.41) is 0. The third-order valence-corrected chi connectivity index (χ3v) is 4.99. The van der Waals surface area contributed by atoms with E-state index >= 15 is 0 Å². The zero-order chi connectivity index (χ0) is 21.2. The van der Waals surface area contributed by atoms with Crippen molar-refractivity contribution >= 4 is 11.9 Å². The first-order chi connectivity index (χ1) is 14.2. The van der Waals surface area contributed by atoms with Crippen molar-refractivity contribution < 1.29 is 19.1 Å². The SMILES string of the molecule is CCCCCCOC(=O)CCCCCCCCC(=O)Oc1ccccc1CCC. The highest BCUT2D eigenvalue weighted by Gasteiger charge is 2.08. The van der Waals surface area contributed by atoms with Gasteiger partial charge in [-0.2, -0.15) is 0 Å². The lowest BCUT2D eigenvalue weighted by Gasteiger charge is -2.09. The Kier molecular flexibility index (Phi) is 14.8. The number of hydrogen-bond donors (Lipinski definition) is 0. The predicted octanol–water partition coefficient (Wildman–Crippen LogP) is 6.79. The van der Waals surface area contributed by atoms with E-state index in [0.29, 0.717) is 25.2 Å². The quantitative estimate of drug-likeness (QED) is 0.163. The maximum Gasteiger partial charge on any atom is 0.311 e. The van der Waals surface area contributed by atoms with Crippen molar-refractivity contribution in [2.45, 2.75) is 104 Å². The molecule has 29 heavy (non-hydrogen) atoms. The maximum atomic E-state index is 12.0. The van der Waals surface area contributed by atoms with Crippen LogP contribution in [0.4, 0.5) is 0 Å². The van der Waals surface area contributed by atoms with Gasteiger partial charge in [-0.05, 0) is 37.3 Å². The average molecular weight is 405 g/mol. The Morgan fingerprint density at radius 3 is 2.03 bits per heavy atom. The number of hydrogen-bond acceptors (Lipinski definition) is 4. The van der Waals surface area contributed by atoms with Gasteiger partial charge < -0.3 is 9.47 Å². The van der Waals surface area contributed by atoms with Crippen LogP contribution in [-0.2, 0) is 20.7 Å². The topological polar surface area (TPSA) is 52.6 Å². The van der Waals surface area contributed by atoms with Gasteiger partial charge in [-0.15, -0.1) is 0 Å². The molecule has 0 bridgehead atoms. The molecule has 0 aromatic heterocycles. The molecule has 0 amide bonds. The Morgan fingerprint density at radius 2 is 1.34 bits per heavy atom. The first kappa shape index (κ1) is 25.2. The molecule has 4 heteroatoms. The van der Waals surface area contributed by atoms with Crippen LogP contribution < -0.4 is 4.74 Å². The highest BCUT2D eigenvalue weighted by atomic mass is 16.5. The minimum absolute atomic E-state index is 0.0624. The van der Waals surface area contributed by atoms with Crippen molar-refractivity contribution in [3.05, 3.63) is 29.8 Å². The lowest BCUT2D eigenvalue weighted by Crippen LogP contribution is -2.09. The molecule has 0 aliphatic rings. The first-order valence-corrected chi connectivity index (χ1v) is 11.6. The fraction of sp³-hybridized carbons (Fsp3) is 0.680. The van der Waals surface area contributed by atoms with Crippen molar-refractivity contribution in [3.8, 4) is 5.75 Å². The molecular weight excluding hydrogens is 364 g/mol. The lowest BCUT2D eigenvalue weighted by atomic mass is 10.1. The van der Waals surface area contributed by atoms with Gasteiger partial charge in [0, 0.05) is 12.8 Å². The van der Waals surface area contributed by atoms with Gasteiger partial charge >= 0.3 is 11.9 Å². The molecule has 1 rings (SSSR count). The first-order valence-electron chi connectivity index (χ1n) is 11.6. The lowest BCUT2D eigenvalue weighted by molar-refractivity contribution is -0.144. The van der Waals surface area contributed by atoms with Crippen LogP contribution in [-0.4, -0.2) is 18.5 Å². The molecule has 0 saturated heterocycles. The molecule has 1 aromatic carbocycles. The summed E-state index contributed by atoms with van der Waals surface area (Å²) in [5.41, 5.74) is 1.10. The summed E-state index contributed by atoms with van der Waals surface area (Å²) >= 11 is 0. The molecular formula is C25H40O4. The van der Waals surface area contributed by atoms with Crippen molar-refractivity contribution in [1.82, 2.24) is 0 Å². The van der Waals surface area contributed by atoms with Crippen LogP contribution in [0, 0.1) is 0 Å². The second kappa shape index (κ2) is 17.1. The second-order valence-corrected chi connectivity index (χ2v) is 7.73. The van der Waals surface area contributed by atoms with E-state index in [-0.39, 0.29) is 11.9 Å². The molecule has 0 unspecified atom stereocenters. The van der Waals surface area contributed by atoms with E-state index in [1.807, 2.05) is 24.3 Å². The molecule has 0 spiro atoms. The molecule has 0 fully saturated rings. The summed E-state index contributed by atoms with van der Waals surface area (Å²) in [6, 6.07) is 7.78. The van der Waals surface area contributed by atoms with Gasteiger partial charge in [0.1, 0.15) is 5.75 Å². The van der Waals surface area contributed by atoms with Gasteiger partial charge in [-0.3, -0.25) is 9.59 Å². The van der Waals surface area contributed by atoms with Crippen LogP contribution in [0.15, 0.2) is 24.3 Å². The minimum atomic E-state index is -0.143. The van der Waals surface area contributed by atoms with Crippen LogP contribution in [0.3, 0.4) is 0 Å². The van der Waals surface area contributed by atoms with E-state index < -0.39 is 0 Å². The van der Waals surface area contributed by atoms with Gasteiger partial charge in [0.15, 0.2) is 0 Å².